The number of fused-ring (bicyclic) bond motifs is 1. The third-order valence-corrected chi connectivity index (χ3v) is 5.94. The first-order valence-electron chi connectivity index (χ1n) is 8.05. The Morgan fingerprint density at radius 1 is 1.38 bits per heavy atom. The summed E-state index contributed by atoms with van der Waals surface area (Å²) >= 11 is 1.68. The van der Waals surface area contributed by atoms with Gasteiger partial charge in [0.25, 0.3) is 0 Å². The molecule has 2 unspecified atom stereocenters. The Bertz CT molecular complexity index is 555. The molecule has 0 radical (unpaired) electrons. The quantitative estimate of drug-likeness (QED) is 0.924. The fourth-order valence-corrected chi connectivity index (χ4v) is 4.16. The molecule has 0 bridgehead atoms. The number of thiazole rings is 1. The van der Waals surface area contributed by atoms with E-state index in [0.717, 1.165) is 23.5 Å². The highest BCUT2D eigenvalue weighted by atomic mass is 32.1. The number of aromatic nitrogens is 2. The van der Waals surface area contributed by atoms with Crippen LogP contribution in [0.5, 0.6) is 0 Å². The Morgan fingerprint density at radius 3 is 2.81 bits per heavy atom. The van der Waals surface area contributed by atoms with Gasteiger partial charge in [-0.05, 0) is 39.3 Å². The number of hydrogen-bond donors (Lipinski definition) is 1. The zero-order chi connectivity index (χ0) is 14.9. The fraction of sp³-hybridized carbons (Fsp3) is 0.688. The van der Waals surface area contributed by atoms with Crippen molar-refractivity contribution < 1.29 is 0 Å². The van der Waals surface area contributed by atoms with E-state index in [9.17, 15) is 0 Å². The third-order valence-electron chi connectivity index (χ3n) is 5.17. The van der Waals surface area contributed by atoms with Gasteiger partial charge in [-0.25, -0.2) is 4.98 Å². The molecule has 0 aromatic carbocycles. The van der Waals surface area contributed by atoms with Gasteiger partial charge in [0.15, 0.2) is 4.96 Å². The molecule has 0 aliphatic carbocycles. The highest BCUT2D eigenvalue weighted by Crippen LogP contribution is 2.28. The van der Waals surface area contributed by atoms with E-state index in [2.05, 4.69) is 45.9 Å². The molecule has 2 atom stereocenters. The van der Waals surface area contributed by atoms with Crippen LogP contribution < -0.4 is 5.73 Å². The van der Waals surface area contributed by atoms with Gasteiger partial charge < -0.3 is 5.73 Å². The summed E-state index contributed by atoms with van der Waals surface area (Å²) in [7, 11) is 0. The standard InChI is InChI=1S/C16H26N4S/c1-3-16(2,20-7-5-4-6-8-20)14(17)11-13-12-19-9-10-21-15(19)18-13/h9-10,12,14H,3-8,11,17H2,1-2H3. The first kappa shape index (κ1) is 15.0. The van der Waals surface area contributed by atoms with Crippen LogP contribution in [0.15, 0.2) is 17.8 Å². The van der Waals surface area contributed by atoms with Crippen LogP contribution in [-0.2, 0) is 6.42 Å². The van der Waals surface area contributed by atoms with Crippen LogP contribution >= 0.6 is 11.3 Å². The smallest absolute Gasteiger partial charge is 0.193 e. The zero-order valence-electron chi connectivity index (χ0n) is 13.1. The highest BCUT2D eigenvalue weighted by molar-refractivity contribution is 7.15. The Morgan fingerprint density at radius 2 is 2.14 bits per heavy atom. The molecule has 3 heterocycles. The predicted molar refractivity (Wildman–Crippen MR) is 88.9 cm³/mol. The first-order chi connectivity index (χ1) is 10.1. The van der Waals surface area contributed by atoms with E-state index in [1.165, 1.54) is 32.4 Å². The molecule has 5 heteroatoms. The van der Waals surface area contributed by atoms with Crippen LogP contribution in [0.4, 0.5) is 0 Å². The second-order valence-corrected chi connectivity index (χ2v) is 7.27. The van der Waals surface area contributed by atoms with Crippen molar-refractivity contribution in [2.45, 2.75) is 57.5 Å². The highest BCUT2D eigenvalue weighted by Gasteiger charge is 2.37. The predicted octanol–water partition coefficient (Wildman–Crippen LogP) is 2.92. The number of likely N-dealkylation sites (tertiary alicyclic amines) is 1. The van der Waals surface area contributed by atoms with E-state index in [1.54, 1.807) is 11.3 Å². The number of hydrogen-bond acceptors (Lipinski definition) is 4. The van der Waals surface area contributed by atoms with Crippen molar-refractivity contribution in [3.05, 3.63) is 23.5 Å². The molecule has 2 aromatic rings. The largest absolute Gasteiger partial charge is 0.326 e. The van der Waals surface area contributed by atoms with Crippen molar-refractivity contribution in [2.24, 2.45) is 5.73 Å². The van der Waals surface area contributed by atoms with Gasteiger partial charge >= 0.3 is 0 Å². The van der Waals surface area contributed by atoms with Gasteiger partial charge in [0.1, 0.15) is 0 Å². The summed E-state index contributed by atoms with van der Waals surface area (Å²) in [6.07, 6.45) is 10.1. The minimum Gasteiger partial charge on any atom is -0.326 e. The molecule has 1 fully saturated rings. The fourth-order valence-electron chi connectivity index (χ4n) is 3.44. The van der Waals surface area contributed by atoms with Gasteiger partial charge in [-0.15, -0.1) is 11.3 Å². The zero-order valence-corrected chi connectivity index (χ0v) is 13.9. The topological polar surface area (TPSA) is 46.6 Å². The summed E-state index contributed by atoms with van der Waals surface area (Å²) < 4.78 is 2.09. The number of imidazole rings is 1. The lowest BCUT2D eigenvalue weighted by molar-refractivity contribution is 0.0544. The van der Waals surface area contributed by atoms with Crippen LogP contribution in [-0.4, -0.2) is 39.0 Å². The first-order valence-corrected chi connectivity index (χ1v) is 8.93. The van der Waals surface area contributed by atoms with Crippen LogP contribution in [0.1, 0.15) is 45.2 Å². The molecule has 1 aliphatic rings. The monoisotopic (exact) mass is 306 g/mol. The van der Waals surface area contributed by atoms with Gasteiger partial charge in [-0.2, -0.15) is 0 Å². The van der Waals surface area contributed by atoms with E-state index in [1.807, 2.05) is 0 Å². The van der Waals surface area contributed by atoms with Crippen LogP contribution in [0.2, 0.25) is 0 Å². The number of nitrogens with two attached hydrogens (primary N) is 1. The van der Waals surface area contributed by atoms with E-state index in [-0.39, 0.29) is 11.6 Å². The van der Waals surface area contributed by atoms with Crippen molar-refractivity contribution in [3.63, 3.8) is 0 Å². The average molecular weight is 306 g/mol. The second kappa shape index (κ2) is 6.07. The molecule has 1 saturated heterocycles. The molecule has 0 amide bonds. The Balaban J connectivity index is 1.74. The molecular weight excluding hydrogens is 280 g/mol. The molecule has 1 aliphatic heterocycles. The Labute approximate surface area is 131 Å². The Kier molecular flexibility index (Phi) is 4.33. The number of rotatable bonds is 5. The molecule has 116 valence electrons. The SMILES string of the molecule is CCC(C)(C(N)Cc1cn2ccsc2n1)N1CCCCC1. The lowest BCUT2D eigenvalue weighted by atomic mass is 9.84. The van der Waals surface area contributed by atoms with Crippen molar-refractivity contribution in [2.75, 3.05) is 13.1 Å². The molecule has 4 nitrogen and oxygen atoms in total. The minimum atomic E-state index is 0.0808. The van der Waals surface area contributed by atoms with Crippen molar-refractivity contribution >= 4 is 16.3 Å². The molecule has 0 saturated carbocycles. The summed E-state index contributed by atoms with van der Waals surface area (Å²) in [4.78, 5) is 8.36. The molecule has 3 rings (SSSR count). The molecule has 0 spiro atoms. The third kappa shape index (κ3) is 2.87. The average Bonchev–Trinajstić information content (AvgIpc) is 3.08. The maximum Gasteiger partial charge on any atom is 0.193 e. The maximum atomic E-state index is 6.63. The maximum absolute atomic E-state index is 6.63. The van der Waals surface area contributed by atoms with Crippen LogP contribution in [0, 0.1) is 0 Å². The van der Waals surface area contributed by atoms with Gasteiger partial charge in [0.05, 0.1) is 5.69 Å². The lowest BCUT2D eigenvalue weighted by Crippen LogP contribution is -2.59. The molecule has 2 aromatic heterocycles. The van der Waals surface area contributed by atoms with Gasteiger partial charge in [0, 0.05) is 35.8 Å². The van der Waals surface area contributed by atoms with E-state index in [4.69, 9.17) is 5.73 Å². The number of piperidine rings is 1. The van der Waals surface area contributed by atoms with Crippen LogP contribution in [0.25, 0.3) is 4.96 Å². The van der Waals surface area contributed by atoms with E-state index < -0.39 is 0 Å². The lowest BCUT2D eigenvalue weighted by Gasteiger charge is -2.46. The van der Waals surface area contributed by atoms with E-state index in [0.29, 0.717) is 0 Å². The summed E-state index contributed by atoms with van der Waals surface area (Å²) in [5, 5.41) is 2.07. The van der Waals surface area contributed by atoms with Crippen molar-refractivity contribution in [1.29, 1.82) is 0 Å². The van der Waals surface area contributed by atoms with Crippen molar-refractivity contribution in [3.8, 4) is 0 Å². The van der Waals surface area contributed by atoms with Crippen molar-refractivity contribution in [1.82, 2.24) is 14.3 Å². The summed E-state index contributed by atoms with van der Waals surface area (Å²) in [5.41, 5.74) is 7.83. The minimum absolute atomic E-state index is 0.0808. The van der Waals surface area contributed by atoms with Gasteiger partial charge in [0.2, 0.25) is 0 Å². The second-order valence-electron chi connectivity index (χ2n) is 6.39. The normalized spacial score (nSPS) is 21.5. The molecular formula is C16H26N4S. The van der Waals surface area contributed by atoms with E-state index >= 15 is 0 Å². The van der Waals surface area contributed by atoms with Crippen LogP contribution in [0.3, 0.4) is 0 Å². The molecule has 2 N–H and O–H groups in total. The van der Waals surface area contributed by atoms with Gasteiger partial charge in [-0.3, -0.25) is 9.30 Å². The Hall–Kier alpha value is -0.910. The number of nitrogens with zero attached hydrogens (tertiary/aromatic N) is 3. The summed E-state index contributed by atoms with van der Waals surface area (Å²) in [5.74, 6) is 0. The molecule has 21 heavy (non-hydrogen) atoms. The summed E-state index contributed by atoms with van der Waals surface area (Å²) in [6.45, 7) is 6.98. The van der Waals surface area contributed by atoms with Gasteiger partial charge in [-0.1, -0.05) is 13.3 Å². The summed E-state index contributed by atoms with van der Waals surface area (Å²) in [6, 6.07) is 0.130.